The second kappa shape index (κ2) is 7.59. The smallest absolute Gasteiger partial charge is 0.233 e. The molecule has 0 spiro atoms. The summed E-state index contributed by atoms with van der Waals surface area (Å²) in [7, 11) is 0. The quantitative estimate of drug-likeness (QED) is 0.828. The number of carbonyl (C=O) groups is 1. The lowest BCUT2D eigenvalue weighted by molar-refractivity contribution is -0.120. The second-order valence-electron chi connectivity index (χ2n) is 5.32. The zero-order chi connectivity index (χ0) is 13.5. The van der Waals surface area contributed by atoms with E-state index < -0.39 is 0 Å². The van der Waals surface area contributed by atoms with Crippen LogP contribution in [0.25, 0.3) is 0 Å². The van der Waals surface area contributed by atoms with Gasteiger partial charge < -0.3 is 5.32 Å². The molecule has 1 aliphatic rings. The van der Waals surface area contributed by atoms with Crippen molar-refractivity contribution in [1.29, 1.82) is 0 Å². The molecule has 1 aromatic carbocycles. The monoisotopic (exact) mass is 277 g/mol. The summed E-state index contributed by atoms with van der Waals surface area (Å²) in [6, 6.07) is 10.1. The van der Waals surface area contributed by atoms with Crippen LogP contribution in [0, 0.1) is 5.92 Å². The number of benzene rings is 1. The first-order valence-corrected chi connectivity index (χ1v) is 8.13. The van der Waals surface area contributed by atoms with Crippen LogP contribution in [0.2, 0.25) is 0 Å². The molecule has 3 heteroatoms. The molecule has 0 aromatic heterocycles. The molecule has 1 saturated carbocycles. The number of hydrogen-bond donors (Lipinski definition) is 1. The van der Waals surface area contributed by atoms with Gasteiger partial charge in [-0.1, -0.05) is 37.5 Å². The van der Waals surface area contributed by atoms with Gasteiger partial charge in [0.2, 0.25) is 5.91 Å². The Morgan fingerprint density at radius 3 is 2.63 bits per heavy atom. The molecule has 0 saturated heterocycles. The summed E-state index contributed by atoms with van der Waals surface area (Å²) >= 11 is 1.63. The van der Waals surface area contributed by atoms with Crippen molar-refractivity contribution in [3.63, 3.8) is 0 Å². The molecule has 1 amide bonds. The van der Waals surface area contributed by atoms with Crippen LogP contribution in [-0.4, -0.2) is 17.7 Å². The van der Waals surface area contributed by atoms with Gasteiger partial charge in [-0.3, -0.25) is 4.79 Å². The van der Waals surface area contributed by atoms with Gasteiger partial charge in [0, 0.05) is 11.4 Å². The number of hydrogen-bond acceptors (Lipinski definition) is 2. The topological polar surface area (TPSA) is 29.1 Å². The van der Waals surface area contributed by atoms with E-state index >= 15 is 0 Å². The van der Waals surface area contributed by atoms with E-state index in [1.54, 1.807) is 11.8 Å². The molecule has 2 nitrogen and oxygen atoms in total. The maximum atomic E-state index is 12.1. The van der Waals surface area contributed by atoms with Crippen LogP contribution in [0.5, 0.6) is 0 Å². The largest absolute Gasteiger partial charge is 0.355 e. The van der Waals surface area contributed by atoms with E-state index in [1.165, 1.54) is 32.1 Å². The van der Waals surface area contributed by atoms with Gasteiger partial charge in [-0.05, 0) is 37.8 Å². The molecule has 0 aliphatic heterocycles. The third-order valence-corrected chi connectivity index (χ3v) is 4.83. The molecule has 1 aliphatic carbocycles. The summed E-state index contributed by atoms with van der Waals surface area (Å²) in [4.78, 5) is 13.2. The average molecular weight is 277 g/mol. The molecular formula is C16H23NOS. The molecular weight excluding hydrogens is 254 g/mol. The van der Waals surface area contributed by atoms with Gasteiger partial charge in [-0.15, -0.1) is 11.8 Å². The van der Waals surface area contributed by atoms with E-state index in [1.807, 2.05) is 25.1 Å². The normalized spacial score (nSPS) is 17.9. The van der Waals surface area contributed by atoms with Gasteiger partial charge in [0.1, 0.15) is 0 Å². The highest BCUT2D eigenvalue weighted by atomic mass is 32.2. The van der Waals surface area contributed by atoms with Crippen LogP contribution in [0.1, 0.15) is 39.0 Å². The molecule has 1 unspecified atom stereocenters. The summed E-state index contributed by atoms with van der Waals surface area (Å²) in [6.07, 6.45) is 6.58. The van der Waals surface area contributed by atoms with Crippen molar-refractivity contribution in [1.82, 2.24) is 5.32 Å². The van der Waals surface area contributed by atoms with Crippen molar-refractivity contribution in [2.24, 2.45) is 5.92 Å². The minimum atomic E-state index is -0.0222. The fraction of sp³-hybridized carbons (Fsp3) is 0.562. The third-order valence-electron chi connectivity index (χ3n) is 3.72. The van der Waals surface area contributed by atoms with E-state index in [-0.39, 0.29) is 11.2 Å². The van der Waals surface area contributed by atoms with E-state index in [2.05, 4.69) is 17.4 Å². The maximum absolute atomic E-state index is 12.1. The Labute approximate surface area is 120 Å². The van der Waals surface area contributed by atoms with E-state index in [0.29, 0.717) is 5.92 Å². The number of rotatable bonds is 5. The molecule has 19 heavy (non-hydrogen) atoms. The van der Waals surface area contributed by atoms with Crippen molar-refractivity contribution < 1.29 is 4.79 Å². The first kappa shape index (κ1) is 14.4. The van der Waals surface area contributed by atoms with Crippen LogP contribution in [-0.2, 0) is 4.79 Å². The Bertz CT molecular complexity index is 387. The highest BCUT2D eigenvalue weighted by molar-refractivity contribution is 8.00. The van der Waals surface area contributed by atoms with Crippen molar-refractivity contribution in [2.75, 3.05) is 6.54 Å². The fourth-order valence-electron chi connectivity index (χ4n) is 2.54. The molecule has 0 heterocycles. The van der Waals surface area contributed by atoms with Crippen LogP contribution < -0.4 is 5.32 Å². The lowest BCUT2D eigenvalue weighted by atomic mass is 9.89. The van der Waals surface area contributed by atoms with Crippen molar-refractivity contribution in [2.45, 2.75) is 49.2 Å². The minimum Gasteiger partial charge on any atom is -0.355 e. The van der Waals surface area contributed by atoms with Crippen molar-refractivity contribution >= 4 is 17.7 Å². The number of thioether (sulfide) groups is 1. The van der Waals surface area contributed by atoms with Crippen molar-refractivity contribution in [3.8, 4) is 0 Å². The second-order valence-corrected chi connectivity index (χ2v) is 6.74. The summed E-state index contributed by atoms with van der Waals surface area (Å²) in [5, 5.41) is 3.09. The summed E-state index contributed by atoms with van der Waals surface area (Å²) in [6.45, 7) is 2.84. The van der Waals surface area contributed by atoms with E-state index in [0.717, 1.165) is 11.4 Å². The highest BCUT2D eigenvalue weighted by Crippen LogP contribution is 2.24. The van der Waals surface area contributed by atoms with E-state index in [9.17, 15) is 4.79 Å². The Hall–Kier alpha value is -0.960. The summed E-state index contributed by atoms with van der Waals surface area (Å²) in [5.41, 5.74) is 0. The van der Waals surface area contributed by atoms with Crippen LogP contribution in [0.3, 0.4) is 0 Å². The number of nitrogens with one attached hydrogen (secondary N) is 1. The SMILES string of the molecule is CC(Sc1ccccc1)C(=O)NCC1CCCCC1. The molecule has 1 aromatic rings. The minimum absolute atomic E-state index is 0.0222. The van der Waals surface area contributed by atoms with Crippen LogP contribution in [0.4, 0.5) is 0 Å². The molecule has 104 valence electrons. The third kappa shape index (κ3) is 4.90. The molecule has 1 N–H and O–H groups in total. The highest BCUT2D eigenvalue weighted by Gasteiger charge is 2.17. The fourth-order valence-corrected chi connectivity index (χ4v) is 3.45. The predicted molar refractivity (Wildman–Crippen MR) is 81.3 cm³/mol. The standard InChI is InChI=1S/C16H23NOS/c1-13(19-15-10-6-3-7-11-15)16(18)17-12-14-8-4-2-5-9-14/h3,6-7,10-11,13-14H,2,4-5,8-9,12H2,1H3,(H,17,18). The maximum Gasteiger partial charge on any atom is 0.233 e. The van der Waals surface area contributed by atoms with Gasteiger partial charge in [-0.25, -0.2) is 0 Å². The molecule has 1 fully saturated rings. The molecule has 2 rings (SSSR count). The van der Waals surface area contributed by atoms with Gasteiger partial charge in [0.05, 0.1) is 5.25 Å². The lowest BCUT2D eigenvalue weighted by Gasteiger charge is -2.22. The van der Waals surface area contributed by atoms with Gasteiger partial charge >= 0.3 is 0 Å². The van der Waals surface area contributed by atoms with Crippen LogP contribution in [0.15, 0.2) is 35.2 Å². The Morgan fingerprint density at radius 2 is 1.95 bits per heavy atom. The van der Waals surface area contributed by atoms with Crippen molar-refractivity contribution in [3.05, 3.63) is 30.3 Å². The summed E-state index contributed by atoms with van der Waals surface area (Å²) < 4.78 is 0. The zero-order valence-corrected chi connectivity index (χ0v) is 12.4. The van der Waals surface area contributed by atoms with Gasteiger partial charge in [0.15, 0.2) is 0 Å². The Kier molecular flexibility index (Phi) is 5.77. The first-order chi connectivity index (χ1) is 9.25. The average Bonchev–Trinajstić information content (AvgIpc) is 2.47. The molecule has 0 radical (unpaired) electrons. The number of carbonyl (C=O) groups excluding carboxylic acids is 1. The zero-order valence-electron chi connectivity index (χ0n) is 11.6. The Morgan fingerprint density at radius 1 is 1.26 bits per heavy atom. The lowest BCUT2D eigenvalue weighted by Crippen LogP contribution is -2.35. The van der Waals surface area contributed by atoms with Crippen LogP contribution >= 0.6 is 11.8 Å². The van der Waals surface area contributed by atoms with Gasteiger partial charge in [-0.2, -0.15) is 0 Å². The predicted octanol–water partition coefficient (Wildman–Crippen LogP) is 3.86. The number of amides is 1. The molecule has 1 atom stereocenters. The van der Waals surface area contributed by atoms with Gasteiger partial charge in [0.25, 0.3) is 0 Å². The first-order valence-electron chi connectivity index (χ1n) is 7.25. The van der Waals surface area contributed by atoms with E-state index in [4.69, 9.17) is 0 Å². The summed E-state index contributed by atoms with van der Waals surface area (Å²) in [5.74, 6) is 0.867. The molecule has 0 bridgehead atoms. The Balaban J connectivity index is 1.73.